The fourth-order valence-corrected chi connectivity index (χ4v) is 6.38. The van der Waals surface area contributed by atoms with Gasteiger partial charge < -0.3 is 10.2 Å². The normalized spacial score (nSPS) is 26.0. The second-order valence-electron chi connectivity index (χ2n) is 9.88. The second kappa shape index (κ2) is 9.14. The fourth-order valence-electron chi connectivity index (χ4n) is 5.21. The van der Waals surface area contributed by atoms with Crippen LogP contribution in [-0.4, -0.2) is 50.2 Å². The topological polar surface area (TPSA) is 86.8 Å². The largest absolute Gasteiger partial charge is 0.352 e. The molecule has 4 rings (SSSR count). The molecule has 7 nitrogen and oxygen atoms in total. The molecule has 1 aliphatic heterocycles. The third-order valence-electron chi connectivity index (χ3n) is 7.49. The van der Waals surface area contributed by atoms with E-state index in [1.165, 1.54) is 13.5 Å². The summed E-state index contributed by atoms with van der Waals surface area (Å²) in [5.41, 5.74) is 1.69. The molecule has 176 valence electrons. The van der Waals surface area contributed by atoms with Crippen LogP contribution >= 0.6 is 0 Å². The van der Waals surface area contributed by atoms with E-state index in [1.54, 1.807) is 18.2 Å². The lowest BCUT2D eigenvalue weighted by atomic mass is 9.84. The SMILES string of the molecule is C[C@@H]1CCCC[C@@H]1NC(=O)CN(C)S(=O)(=O)c1ccc2c(c1)C[C@H](C)N2C(=O)C1CCC1. The third-order valence-corrected chi connectivity index (χ3v) is 9.29. The highest BCUT2D eigenvalue weighted by Gasteiger charge is 2.38. The lowest BCUT2D eigenvalue weighted by Gasteiger charge is -2.32. The van der Waals surface area contributed by atoms with E-state index in [-0.39, 0.29) is 41.3 Å². The van der Waals surface area contributed by atoms with Crippen LogP contribution in [0.4, 0.5) is 5.69 Å². The third kappa shape index (κ3) is 4.44. The summed E-state index contributed by atoms with van der Waals surface area (Å²) in [7, 11) is -2.36. The van der Waals surface area contributed by atoms with Crippen molar-refractivity contribution in [2.24, 2.45) is 11.8 Å². The quantitative estimate of drug-likeness (QED) is 0.705. The number of fused-ring (bicyclic) bond motifs is 1. The molecule has 0 aromatic heterocycles. The number of hydrogen-bond acceptors (Lipinski definition) is 4. The van der Waals surface area contributed by atoms with Crippen molar-refractivity contribution in [2.45, 2.75) is 82.2 Å². The minimum absolute atomic E-state index is 0.0250. The molecule has 0 saturated heterocycles. The lowest BCUT2D eigenvalue weighted by Crippen LogP contribution is -2.46. The van der Waals surface area contributed by atoms with Gasteiger partial charge in [-0.3, -0.25) is 9.59 Å². The predicted octanol–water partition coefficient (Wildman–Crippen LogP) is 3.08. The monoisotopic (exact) mass is 461 g/mol. The summed E-state index contributed by atoms with van der Waals surface area (Å²) in [4.78, 5) is 27.4. The summed E-state index contributed by atoms with van der Waals surface area (Å²) >= 11 is 0. The molecule has 0 bridgehead atoms. The van der Waals surface area contributed by atoms with Crippen molar-refractivity contribution in [2.75, 3.05) is 18.5 Å². The molecule has 3 atom stereocenters. The van der Waals surface area contributed by atoms with Gasteiger partial charge in [-0.15, -0.1) is 0 Å². The molecule has 0 spiro atoms. The summed E-state index contributed by atoms with van der Waals surface area (Å²) in [6, 6.07) is 5.13. The summed E-state index contributed by atoms with van der Waals surface area (Å²) < 4.78 is 27.4. The van der Waals surface area contributed by atoms with E-state index in [0.29, 0.717) is 12.3 Å². The number of carbonyl (C=O) groups excluding carboxylic acids is 2. The van der Waals surface area contributed by atoms with Gasteiger partial charge in [-0.1, -0.05) is 26.2 Å². The molecule has 0 radical (unpaired) electrons. The molecular weight excluding hydrogens is 426 g/mol. The molecule has 2 amide bonds. The van der Waals surface area contributed by atoms with Gasteiger partial charge in [0.2, 0.25) is 21.8 Å². The Morgan fingerprint density at radius 3 is 2.47 bits per heavy atom. The second-order valence-corrected chi connectivity index (χ2v) is 11.9. The zero-order valence-corrected chi connectivity index (χ0v) is 20.2. The Morgan fingerprint density at radius 2 is 1.81 bits per heavy atom. The van der Waals surface area contributed by atoms with Crippen molar-refractivity contribution in [3.05, 3.63) is 23.8 Å². The van der Waals surface area contributed by atoms with Gasteiger partial charge in [0.1, 0.15) is 0 Å². The Balaban J connectivity index is 1.45. The number of rotatable bonds is 6. The number of hydrogen-bond donors (Lipinski definition) is 1. The molecule has 8 heteroatoms. The Labute approximate surface area is 191 Å². The smallest absolute Gasteiger partial charge is 0.243 e. The van der Waals surface area contributed by atoms with Crippen LogP contribution in [0.5, 0.6) is 0 Å². The van der Waals surface area contributed by atoms with Crippen LogP contribution in [0.1, 0.15) is 64.4 Å². The maximum Gasteiger partial charge on any atom is 0.243 e. The average Bonchev–Trinajstić information content (AvgIpc) is 3.03. The lowest BCUT2D eigenvalue weighted by molar-refractivity contribution is -0.125. The number of nitrogens with zero attached hydrogens (tertiary/aromatic N) is 2. The van der Waals surface area contributed by atoms with Crippen molar-refractivity contribution >= 4 is 27.5 Å². The van der Waals surface area contributed by atoms with Crippen LogP contribution in [0, 0.1) is 11.8 Å². The van der Waals surface area contributed by atoms with Crippen molar-refractivity contribution in [3.63, 3.8) is 0 Å². The summed E-state index contributed by atoms with van der Waals surface area (Å²) in [5, 5.41) is 3.02. The van der Waals surface area contributed by atoms with Gasteiger partial charge in [0, 0.05) is 30.7 Å². The first kappa shape index (κ1) is 23.2. The van der Waals surface area contributed by atoms with Gasteiger partial charge in [0.15, 0.2) is 0 Å². The van der Waals surface area contributed by atoms with Gasteiger partial charge >= 0.3 is 0 Å². The van der Waals surface area contributed by atoms with Gasteiger partial charge in [0.05, 0.1) is 11.4 Å². The number of sulfonamides is 1. The molecule has 2 fully saturated rings. The van der Waals surface area contributed by atoms with Crippen molar-refractivity contribution in [1.29, 1.82) is 0 Å². The molecule has 3 aliphatic rings. The van der Waals surface area contributed by atoms with Crippen molar-refractivity contribution in [1.82, 2.24) is 9.62 Å². The molecule has 1 N–H and O–H groups in total. The predicted molar refractivity (Wildman–Crippen MR) is 124 cm³/mol. The molecule has 1 aromatic rings. The van der Waals surface area contributed by atoms with Crippen LogP contribution in [0.25, 0.3) is 0 Å². The van der Waals surface area contributed by atoms with Crippen LogP contribution in [0.3, 0.4) is 0 Å². The first-order valence-electron chi connectivity index (χ1n) is 11.9. The number of nitrogens with one attached hydrogen (secondary N) is 1. The summed E-state index contributed by atoms with van der Waals surface area (Å²) in [6.07, 6.45) is 7.94. The van der Waals surface area contributed by atoms with Gasteiger partial charge in [-0.05, 0) is 68.7 Å². The van der Waals surface area contributed by atoms with Crippen molar-refractivity contribution < 1.29 is 18.0 Å². The zero-order valence-electron chi connectivity index (χ0n) is 19.3. The standard InChI is InChI=1S/C24H35N3O4S/c1-16-7-4-5-10-21(16)25-23(28)15-26(3)32(30,31)20-11-12-22-19(14-20)13-17(2)27(22)24(29)18-8-6-9-18/h11-12,14,16-18,21H,4-10,13,15H2,1-3H3,(H,25,28)/t16-,17+,21+/m1/s1. The van der Waals surface area contributed by atoms with E-state index in [1.807, 2.05) is 11.8 Å². The zero-order chi connectivity index (χ0) is 23.0. The number of likely N-dealkylation sites (N-methyl/N-ethyl adjacent to an activating group) is 1. The molecule has 32 heavy (non-hydrogen) atoms. The number of carbonyl (C=O) groups is 2. The van der Waals surface area contributed by atoms with E-state index in [9.17, 15) is 18.0 Å². The molecule has 1 heterocycles. The highest BCUT2D eigenvalue weighted by atomic mass is 32.2. The van der Waals surface area contributed by atoms with Crippen LogP contribution in [0.2, 0.25) is 0 Å². The molecular formula is C24H35N3O4S. The first-order valence-corrected chi connectivity index (χ1v) is 13.3. The molecule has 2 aliphatic carbocycles. The molecule has 1 aromatic carbocycles. The minimum Gasteiger partial charge on any atom is -0.352 e. The first-order chi connectivity index (χ1) is 15.2. The number of anilines is 1. The number of benzene rings is 1. The van der Waals surface area contributed by atoms with E-state index < -0.39 is 10.0 Å². The van der Waals surface area contributed by atoms with Gasteiger partial charge in [-0.25, -0.2) is 8.42 Å². The van der Waals surface area contributed by atoms with E-state index >= 15 is 0 Å². The Morgan fingerprint density at radius 1 is 1.09 bits per heavy atom. The highest BCUT2D eigenvalue weighted by Crippen LogP contribution is 2.38. The molecule has 0 unspecified atom stereocenters. The summed E-state index contributed by atoms with van der Waals surface area (Å²) in [6.45, 7) is 3.94. The van der Waals surface area contributed by atoms with Crippen LogP contribution in [0.15, 0.2) is 23.1 Å². The Bertz CT molecular complexity index is 989. The average molecular weight is 462 g/mol. The Kier molecular flexibility index (Phi) is 6.63. The highest BCUT2D eigenvalue weighted by molar-refractivity contribution is 7.89. The van der Waals surface area contributed by atoms with Crippen molar-refractivity contribution in [3.8, 4) is 0 Å². The Hall–Kier alpha value is -1.93. The van der Waals surface area contributed by atoms with E-state index in [2.05, 4.69) is 12.2 Å². The fraction of sp³-hybridized carbons (Fsp3) is 0.667. The van der Waals surface area contributed by atoms with E-state index in [4.69, 9.17) is 0 Å². The van der Waals surface area contributed by atoms with Crippen LogP contribution < -0.4 is 10.2 Å². The molecule has 2 saturated carbocycles. The summed E-state index contributed by atoms with van der Waals surface area (Å²) in [5.74, 6) is 0.410. The van der Waals surface area contributed by atoms with Crippen LogP contribution in [-0.2, 0) is 26.0 Å². The van der Waals surface area contributed by atoms with Gasteiger partial charge in [0.25, 0.3) is 0 Å². The maximum atomic E-state index is 13.2. The number of amides is 2. The van der Waals surface area contributed by atoms with Gasteiger partial charge in [-0.2, -0.15) is 4.31 Å². The minimum atomic E-state index is -3.81. The van der Waals surface area contributed by atoms with E-state index in [0.717, 1.165) is 54.1 Å². The maximum absolute atomic E-state index is 13.2.